The third-order valence-corrected chi connectivity index (χ3v) is 4.03. The summed E-state index contributed by atoms with van der Waals surface area (Å²) in [4.78, 5) is -0.0666. The van der Waals surface area contributed by atoms with Crippen molar-refractivity contribution in [3.63, 3.8) is 0 Å². The maximum absolute atomic E-state index is 10.5. The molecule has 0 heterocycles. The Labute approximate surface area is 121 Å². The molecule has 0 saturated heterocycles. The molecular formula is C14H22N2O3S. The van der Waals surface area contributed by atoms with E-state index in [-0.39, 0.29) is 10.4 Å². The molecule has 1 aromatic rings. The van der Waals surface area contributed by atoms with Gasteiger partial charge in [0, 0.05) is 5.54 Å². The molecule has 0 aliphatic rings. The monoisotopic (exact) mass is 298 g/mol. The van der Waals surface area contributed by atoms with Crippen LogP contribution < -0.4 is 5.73 Å². The van der Waals surface area contributed by atoms with Gasteiger partial charge in [-0.2, -0.15) is 13.7 Å². The quantitative estimate of drug-likeness (QED) is 0.831. The zero-order valence-corrected chi connectivity index (χ0v) is 12.9. The number of nitrogens with zero attached hydrogens (tertiary/aromatic N) is 1. The largest absolute Gasteiger partial charge is 0.324 e. The van der Waals surface area contributed by atoms with Gasteiger partial charge in [0.05, 0.1) is 17.4 Å². The van der Waals surface area contributed by atoms with Crippen molar-refractivity contribution in [1.29, 1.82) is 5.26 Å². The number of benzene rings is 1. The Balaban J connectivity index is 0.000000370. The first kappa shape index (κ1) is 18.6. The summed E-state index contributed by atoms with van der Waals surface area (Å²) < 4.78 is 29.6. The highest BCUT2D eigenvalue weighted by Crippen LogP contribution is 2.14. The molecule has 0 spiro atoms. The van der Waals surface area contributed by atoms with Gasteiger partial charge in [-0.25, -0.2) is 0 Å². The number of hydrogen-bond donors (Lipinski definition) is 2. The van der Waals surface area contributed by atoms with Crippen LogP contribution in [0.4, 0.5) is 0 Å². The first-order chi connectivity index (χ1) is 9.18. The van der Waals surface area contributed by atoms with Gasteiger partial charge in [-0.3, -0.25) is 4.55 Å². The summed E-state index contributed by atoms with van der Waals surface area (Å²) in [5.74, 6) is 0. The molecule has 1 aromatic carbocycles. The van der Waals surface area contributed by atoms with Crippen LogP contribution >= 0.6 is 0 Å². The van der Waals surface area contributed by atoms with Gasteiger partial charge in [-0.1, -0.05) is 31.5 Å². The van der Waals surface area contributed by atoms with Crippen molar-refractivity contribution < 1.29 is 13.0 Å². The van der Waals surface area contributed by atoms with Crippen LogP contribution in [0.15, 0.2) is 29.2 Å². The minimum atomic E-state index is -4.02. The van der Waals surface area contributed by atoms with E-state index in [9.17, 15) is 8.42 Å². The van der Waals surface area contributed by atoms with Crippen molar-refractivity contribution in [2.45, 2.75) is 50.5 Å². The fourth-order valence-electron chi connectivity index (χ4n) is 1.37. The van der Waals surface area contributed by atoms with E-state index < -0.39 is 10.1 Å². The van der Waals surface area contributed by atoms with Crippen molar-refractivity contribution in [1.82, 2.24) is 0 Å². The summed E-state index contributed by atoms with van der Waals surface area (Å²) in [6, 6.07) is 8.07. The van der Waals surface area contributed by atoms with Crippen LogP contribution in [0, 0.1) is 18.3 Å². The summed E-state index contributed by atoms with van der Waals surface area (Å²) in [5, 5.41) is 8.33. The predicted octanol–water partition coefficient (Wildman–Crippen LogP) is 2.66. The lowest BCUT2D eigenvalue weighted by atomic mass is 9.91. The Morgan fingerprint density at radius 3 is 1.95 bits per heavy atom. The van der Waals surface area contributed by atoms with Gasteiger partial charge in [0.25, 0.3) is 10.1 Å². The van der Waals surface area contributed by atoms with Crippen LogP contribution in [0.25, 0.3) is 0 Å². The second-order valence-corrected chi connectivity index (χ2v) is 6.11. The van der Waals surface area contributed by atoms with Crippen molar-refractivity contribution in [2.75, 3.05) is 0 Å². The van der Waals surface area contributed by atoms with E-state index in [1.807, 2.05) is 20.8 Å². The molecule has 0 unspecified atom stereocenters. The molecule has 0 aliphatic carbocycles. The Morgan fingerprint density at radius 1 is 1.25 bits per heavy atom. The van der Waals surface area contributed by atoms with Crippen LogP contribution in [0.3, 0.4) is 0 Å². The lowest BCUT2D eigenvalue weighted by molar-refractivity contribution is 0.404. The third-order valence-electron chi connectivity index (χ3n) is 3.16. The highest BCUT2D eigenvalue weighted by atomic mass is 32.2. The minimum Gasteiger partial charge on any atom is -0.324 e. The fraction of sp³-hybridized carbons (Fsp3) is 0.500. The molecule has 5 nitrogen and oxygen atoms in total. The predicted molar refractivity (Wildman–Crippen MR) is 78.7 cm³/mol. The zero-order valence-electron chi connectivity index (χ0n) is 12.1. The molecule has 0 fully saturated rings. The SMILES string of the molecule is CCC(N)(CC)CC#N.Cc1ccc(S(=O)(=O)O)cc1. The molecule has 112 valence electrons. The van der Waals surface area contributed by atoms with Crippen LogP contribution in [0.1, 0.15) is 38.7 Å². The number of rotatable bonds is 4. The Kier molecular flexibility index (Phi) is 7.43. The Bertz CT molecular complexity index is 541. The number of hydrogen-bond acceptors (Lipinski definition) is 4. The van der Waals surface area contributed by atoms with Crippen LogP contribution in [-0.4, -0.2) is 18.5 Å². The molecule has 3 N–H and O–H groups in total. The van der Waals surface area contributed by atoms with E-state index in [0.29, 0.717) is 6.42 Å². The number of aryl methyl sites for hydroxylation is 1. The van der Waals surface area contributed by atoms with Gasteiger partial charge >= 0.3 is 0 Å². The van der Waals surface area contributed by atoms with E-state index in [1.54, 1.807) is 12.1 Å². The van der Waals surface area contributed by atoms with E-state index in [0.717, 1.165) is 18.4 Å². The van der Waals surface area contributed by atoms with Crippen molar-refractivity contribution in [2.24, 2.45) is 5.73 Å². The van der Waals surface area contributed by atoms with E-state index in [4.69, 9.17) is 15.5 Å². The van der Waals surface area contributed by atoms with E-state index in [2.05, 4.69) is 6.07 Å². The van der Waals surface area contributed by atoms with Gasteiger partial charge in [0.1, 0.15) is 0 Å². The maximum Gasteiger partial charge on any atom is 0.294 e. The van der Waals surface area contributed by atoms with Crippen LogP contribution in [0.2, 0.25) is 0 Å². The van der Waals surface area contributed by atoms with Gasteiger partial charge in [0.15, 0.2) is 0 Å². The molecular weight excluding hydrogens is 276 g/mol. The average molecular weight is 298 g/mol. The molecule has 0 amide bonds. The fourth-order valence-corrected chi connectivity index (χ4v) is 1.85. The standard InChI is InChI=1S/C7H14N2.C7H8O3S/c1-3-7(9,4-2)5-6-8;1-6-2-4-7(5-3-6)11(8,9)10/h3-5,9H2,1-2H3;2-5H,1H3,(H,8,9,10). The molecule has 6 heteroatoms. The first-order valence-corrected chi connectivity index (χ1v) is 7.82. The van der Waals surface area contributed by atoms with Crippen molar-refractivity contribution in [3.8, 4) is 6.07 Å². The highest BCUT2D eigenvalue weighted by Gasteiger charge is 2.18. The average Bonchev–Trinajstić information content (AvgIpc) is 2.39. The molecule has 20 heavy (non-hydrogen) atoms. The lowest BCUT2D eigenvalue weighted by Crippen LogP contribution is -2.37. The molecule has 0 radical (unpaired) electrons. The summed E-state index contributed by atoms with van der Waals surface area (Å²) >= 11 is 0. The molecule has 0 atom stereocenters. The van der Waals surface area contributed by atoms with Gasteiger partial charge in [0.2, 0.25) is 0 Å². The third kappa shape index (κ3) is 6.66. The van der Waals surface area contributed by atoms with Crippen molar-refractivity contribution >= 4 is 10.1 Å². The highest BCUT2D eigenvalue weighted by molar-refractivity contribution is 7.85. The van der Waals surface area contributed by atoms with E-state index in [1.165, 1.54) is 12.1 Å². The van der Waals surface area contributed by atoms with Gasteiger partial charge in [-0.05, 0) is 31.9 Å². The summed E-state index contributed by atoms with van der Waals surface area (Å²) in [6.07, 6.45) is 2.24. The first-order valence-electron chi connectivity index (χ1n) is 6.38. The molecule has 0 bridgehead atoms. The number of nitrogens with two attached hydrogens (primary N) is 1. The normalized spacial score (nSPS) is 11.2. The minimum absolute atomic E-state index is 0.0666. The summed E-state index contributed by atoms with van der Waals surface area (Å²) in [5.41, 5.74) is 6.51. The summed E-state index contributed by atoms with van der Waals surface area (Å²) in [6.45, 7) is 5.87. The van der Waals surface area contributed by atoms with Crippen LogP contribution in [0.5, 0.6) is 0 Å². The topological polar surface area (TPSA) is 104 Å². The van der Waals surface area contributed by atoms with Gasteiger partial charge < -0.3 is 5.73 Å². The van der Waals surface area contributed by atoms with E-state index >= 15 is 0 Å². The molecule has 0 saturated carbocycles. The second kappa shape index (κ2) is 8.00. The van der Waals surface area contributed by atoms with Crippen molar-refractivity contribution in [3.05, 3.63) is 29.8 Å². The van der Waals surface area contributed by atoms with Crippen LogP contribution in [-0.2, 0) is 10.1 Å². The lowest BCUT2D eigenvalue weighted by Gasteiger charge is -2.22. The zero-order chi connectivity index (χ0) is 15.8. The van der Waals surface area contributed by atoms with Gasteiger partial charge in [-0.15, -0.1) is 0 Å². The second-order valence-electron chi connectivity index (χ2n) is 4.69. The molecule has 0 aromatic heterocycles. The summed E-state index contributed by atoms with van der Waals surface area (Å²) in [7, 11) is -4.02. The maximum atomic E-state index is 10.5. The molecule has 1 rings (SSSR count). The number of nitriles is 1. The smallest absolute Gasteiger partial charge is 0.294 e. The Hall–Kier alpha value is -1.42. The molecule has 0 aliphatic heterocycles. The Morgan fingerprint density at radius 2 is 1.70 bits per heavy atom.